The zero-order valence-electron chi connectivity index (χ0n) is 10.8. The summed E-state index contributed by atoms with van der Waals surface area (Å²) in [5, 5.41) is 0. The lowest BCUT2D eigenvalue weighted by Crippen LogP contribution is -2.04. The molecule has 0 saturated heterocycles. The summed E-state index contributed by atoms with van der Waals surface area (Å²) in [6.45, 7) is 0.260. The molecule has 0 aliphatic rings. The molecular weight excluding hydrogens is 259 g/mol. The van der Waals surface area contributed by atoms with Crippen molar-refractivity contribution in [1.82, 2.24) is 0 Å². The van der Waals surface area contributed by atoms with E-state index in [9.17, 15) is 9.18 Å². The Morgan fingerprint density at radius 1 is 1.25 bits per heavy atom. The van der Waals surface area contributed by atoms with Gasteiger partial charge in [0, 0.05) is 12.0 Å². The highest BCUT2D eigenvalue weighted by Crippen LogP contribution is 2.22. The summed E-state index contributed by atoms with van der Waals surface area (Å²) in [6.07, 6.45) is 6.28. The molecule has 0 unspecified atom stereocenters. The molecule has 20 heavy (non-hydrogen) atoms. The van der Waals surface area contributed by atoms with E-state index in [0.717, 1.165) is 0 Å². The first-order valence-electron chi connectivity index (χ1n) is 6.17. The number of halogens is 1. The first-order valence-corrected chi connectivity index (χ1v) is 6.17. The molecule has 3 nitrogen and oxygen atoms in total. The van der Waals surface area contributed by atoms with E-state index in [1.165, 1.54) is 18.2 Å². The Balaban J connectivity index is 2.00. The molecule has 102 valence electrons. The van der Waals surface area contributed by atoms with Gasteiger partial charge in [-0.3, -0.25) is 0 Å². The minimum Gasteiger partial charge on any atom is -0.460 e. The number of benzene rings is 1. The topological polar surface area (TPSA) is 39.4 Å². The zero-order valence-corrected chi connectivity index (χ0v) is 10.8. The molecule has 0 radical (unpaired) electrons. The van der Waals surface area contributed by atoms with Crippen molar-refractivity contribution in [2.75, 3.05) is 6.61 Å². The van der Waals surface area contributed by atoms with Crippen molar-refractivity contribution in [3.8, 4) is 23.7 Å². The molecule has 2 aromatic rings. The van der Waals surface area contributed by atoms with Crippen molar-refractivity contribution < 1.29 is 18.3 Å². The van der Waals surface area contributed by atoms with Crippen LogP contribution in [-0.4, -0.2) is 12.6 Å². The maximum atomic E-state index is 12.8. The van der Waals surface area contributed by atoms with E-state index >= 15 is 0 Å². The van der Waals surface area contributed by atoms with Gasteiger partial charge in [0.15, 0.2) is 0 Å². The lowest BCUT2D eigenvalue weighted by atomic mass is 10.2. The Labute approximate surface area is 116 Å². The van der Waals surface area contributed by atoms with Crippen LogP contribution in [-0.2, 0) is 4.74 Å². The van der Waals surface area contributed by atoms with Crippen LogP contribution in [0.1, 0.15) is 23.4 Å². The fourth-order valence-electron chi connectivity index (χ4n) is 1.63. The zero-order chi connectivity index (χ0) is 14.4. The van der Waals surface area contributed by atoms with E-state index in [2.05, 4.69) is 5.92 Å². The fourth-order valence-corrected chi connectivity index (χ4v) is 1.63. The molecule has 1 aromatic heterocycles. The van der Waals surface area contributed by atoms with Gasteiger partial charge >= 0.3 is 5.97 Å². The SMILES string of the molecule is C#CCCCOC(=O)c1ccc(-c2ccc(F)cc2)o1. The van der Waals surface area contributed by atoms with Crippen LogP contribution in [0.4, 0.5) is 4.39 Å². The van der Waals surface area contributed by atoms with Crippen molar-refractivity contribution in [3.63, 3.8) is 0 Å². The Kier molecular flexibility index (Phi) is 4.56. The molecule has 1 heterocycles. The van der Waals surface area contributed by atoms with Crippen molar-refractivity contribution in [2.24, 2.45) is 0 Å². The summed E-state index contributed by atoms with van der Waals surface area (Å²) in [4.78, 5) is 11.7. The Hall–Kier alpha value is -2.54. The quantitative estimate of drug-likeness (QED) is 0.474. The number of carbonyl (C=O) groups is 1. The molecule has 0 saturated carbocycles. The van der Waals surface area contributed by atoms with Crippen LogP contribution in [0.5, 0.6) is 0 Å². The smallest absolute Gasteiger partial charge is 0.374 e. The highest BCUT2D eigenvalue weighted by molar-refractivity contribution is 5.87. The second-order valence-electron chi connectivity index (χ2n) is 4.11. The second kappa shape index (κ2) is 6.58. The van der Waals surface area contributed by atoms with Crippen molar-refractivity contribution >= 4 is 5.97 Å². The first kappa shape index (κ1) is 13.9. The summed E-state index contributed by atoms with van der Waals surface area (Å²) in [6, 6.07) is 8.99. The Morgan fingerprint density at radius 2 is 2.00 bits per heavy atom. The molecule has 0 bridgehead atoms. The lowest BCUT2D eigenvalue weighted by molar-refractivity contribution is 0.0466. The van der Waals surface area contributed by atoms with Crippen LogP contribution in [0.15, 0.2) is 40.8 Å². The van der Waals surface area contributed by atoms with Gasteiger partial charge in [-0.1, -0.05) is 0 Å². The Morgan fingerprint density at radius 3 is 2.70 bits per heavy atom. The van der Waals surface area contributed by atoms with Gasteiger partial charge in [-0.25, -0.2) is 9.18 Å². The van der Waals surface area contributed by atoms with Crippen LogP contribution in [0, 0.1) is 18.2 Å². The van der Waals surface area contributed by atoms with Gasteiger partial charge in [-0.2, -0.15) is 0 Å². The molecule has 0 fully saturated rings. The number of ether oxygens (including phenoxy) is 1. The number of rotatable bonds is 5. The standard InChI is InChI=1S/C16H13FO3/c1-2-3-4-11-19-16(18)15-10-9-14(20-15)12-5-7-13(17)8-6-12/h1,5-10H,3-4,11H2. The normalized spacial score (nSPS) is 10.0. The minimum atomic E-state index is -0.532. The summed E-state index contributed by atoms with van der Waals surface area (Å²) in [5.41, 5.74) is 0.692. The largest absolute Gasteiger partial charge is 0.460 e. The second-order valence-corrected chi connectivity index (χ2v) is 4.11. The minimum absolute atomic E-state index is 0.116. The van der Waals surface area contributed by atoms with E-state index < -0.39 is 5.97 Å². The molecule has 2 rings (SSSR count). The van der Waals surface area contributed by atoms with Crippen molar-refractivity contribution in [3.05, 3.63) is 48.0 Å². The number of terminal acetylenes is 1. The first-order chi connectivity index (χ1) is 9.70. The molecule has 0 spiro atoms. The van der Waals surface area contributed by atoms with Gasteiger partial charge in [0.25, 0.3) is 0 Å². The average molecular weight is 272 g/mol. The number of hydrogen-bond acceptors (Lipinski definition) is 3. The summed E-state index contributed by atoms with van der Waals surface area (Å²) < 4.78 is 23.2. The molecule has 0 aliphatic carbocycles. The average Bonchev–Trinajstić information content (AvgIpc) is 2.94. The van der Waals surface area contributed by atoms with E-state index in [-0.39, 0.29) is 18.2 Å². The summed E-state index contributed by atoms with van der Waals surface area (Å²) >= 11 is 0. The molecule has 1 aromatic carbocycles. The summed E-state index contributed by atoms with van der Waals surface area (Å²) in [7, 11) is 0. The molecule has 0 N–H and O–H groups in total. The number of furan rings is 1. The molecule has 0 aliphatic heterocycles. The van der Waals surface area contributed by atoms with Crippen LogP contribution in [0.2, 0.25) is 0 Å². The van der Waals surface area contributed by atoms with Crippen LogP contribution in [0.25, 0.3) is 11.3 Å². The lowest BCUT2D eigenvalue weighted by Gasteiger charge is -2.00. The molecule has 0 amide bonds. The monoisotopic (exact) mass is 272 g/mol. The van der Waals surface area contributed by atoms with Gasteiger partial charge in [-0.05, 0) is 42.8 Å². The Bertz CT molecular complexity index is 620. The van der Waals surface area contributed by atoms with Gasteiger partial charge in [-0.15, -0.1) is 12.3 Å². The van der Waals surface area contributed by atoms with Gasteiger partial charge < -0.3 is 9.15 Å². The van der Waals surface area contributed by atoms with E-state index in [4.69, 9.17) is 15.6 Å². The number of carbonyl (C=O) groups excluding carboxylic acids is 1. The highest BCUT2D eigenvalue weighted by Gasteiger charge is 2.13. The fraction of sp³-hybridized carbons (Fsp3) is 0.188. The highest BCUT2D eigenvalue weighted by atomic mass is 19.1. The van der Waals surface area contributed by atoms with E-state index in [1.807, 2.05) is 0 Å². The third kappa shape index (κ3) is 3.48. The summed E-state index contributed by atoms with van der Waals surface area (Å²) in [5.74, 6) is 2.21. The third-order valence-electron chi connectivity index (χ3n) is 2.63. The van der Waals surface area contributed by atoms with Gasteiger partial charge in [0.2, 0.25) is 5.76 Å². The van der Waals surface area contributed by atoms with Crippen molar-refractivity contribution in [2.45, 2.75) is 12.8 Å². The van der Waals surface area contributed by atoms with Gasteiger partial charge in [0.1, 0.15) is 11.6 Å². The maximum Gasteiger partial charge on any atom is 0.374 e. The van der Waals surface area contributed by atoms with Crippen LogP contribution >= 0.6 is 0 Å². The molecular formula is C16H13FO3. The van der Waals surface area contributed by atoms with Crippen LogP contribution in [0.3, 0.4) is 0 Å². The maximum absolute atomic E-state index is 12.8. The predicted octanol–water partition coefficient (Wildman–Crippen LogP) is 3.66. The number of unbranched alkanes of at least 4 members (excludes halogenated alkanes) is 1. The predicted molar refractivity (Wildman–Crippen MR) is 72.5 cm³/mol. The van der Waals surface area contributed by atoms with Crippen molar-refractivity contribution in [1.29, 1.82) is 0 Å². The third-order valence-corrected chi connectivity index (χ3v) is 2.63. The number of hydrogen-bond donors (Lipinski definition) is 0. The van der Waals surface area contributed by atoms with Gasteiger partial charge in [0.05, 0.1) is 6.61 Å². The molecule has 4 heteroatoms. The number of esters is 1. The van der Waals surface area contributed by atoms with E-state index in [0.29, 0.717) is 24.2 Å². The molecule has 0 atom stereocenters. The van der Waals surface area contributed by atoms with E-state index in [1.54, 1.807) is 18.2 Å². The van der Waals surface area contributed by atoms with Crippen LogP contribution < -0.4 is 0 Å².